The fraction of sp³-hybridized carbons (Fsp3) is 0.111. The molecule has 0 saturated heterocycles. The van der Waals surface area contributed by atoms with Gasteiger partial charge in [0.25, 0.3) is 5.76 Å². The van der Waals surface area contributed by atoms with Crippen molar-refractivity contribution < 1.29 is 14.1 Å². The van der Waals surface area contributed by atoms with E-state index in [0.29, 0.717) is 10.9 Å². The van der Waals surface area contributed by atoms with E-state index < -0.39 is 5.97 Å². The summed E-state index contributed by atoms with van der Waals surface area (Å²) in [6, 6.07) is 5.33. The van der Waals surface area contributed by atoms with Crippen molar-refractivity contribution in [3.05, 3.63) is 28.4 Å². The number of carbonyl (C=O) groups is 1. The number of halogens is 1. The minimum Gasteiger partial charge on any atom is -0.463 e. The normalized spacial score (nSPS) is 10.4. The Bertz CT molecular complexity index is 492. The molecule has 0 amide bonds. The van der Waals surface area contributed by atoms with Gasteiger partial charge in [0, 0.05) is 4.47 Å². The van der Waals surface area contributed by atoms with E-state index in [1.807, 2.05) is 6.07 Å². The highest BCUT2D eigenvalue weighted by Crippen LogP contribution is 2.22. The summed E-state index contributed by atoms with van der Waals surface area (Å²) in [5, 5.41) is 4.40. The summed E-state index contributed by atoms with van der Waals surface area (Å²) < 4.78 is 10.3. The number of rotatable bonds is 1. The molecule has 1 aromatic carbocycles. The van der Waals surface area contributed by atoms with Crippen molar-refractivity contribution in [1.29, 1.82) is 0 Å². The van der Waals surface area contributed by atoms with Crippen molar-refractivity contribution in [2.45, 2.75) is 0 Å². The van der Waals surface area contributed by atoms with Crippen LogP contribution in [-0.2, 0) is 4.74 Å². The molecule has 0 aliphatic carbocycles. The predicted molar refractivity (Wildman–Crippen MR) is 53.0 cm³/mol. The molecule has 2 rings (SSSR count). The van der Waals surface area contributed by atoms with Crippen molar-refractivity contribution in [1.82, 2.24) is 5.16 Å². The third-order valence-electron chi connectivity index (χ3n) is 1.81. The fourth-order valence-corrected chi connectivity index (χ4v) is 1.51. The quantitative estimate of drug-likeness (QED) is 0.735. The maximum absolute atomic E-state index is 11.2. The number of nitrogens with zero attached hydrogens (tertiary/aromatic N) is 1. The van der Waals surface area contributed by atoms with Gasteiger partial charge in [0.2, 0.25) is 0 Å². The first kappa shape index (κ1) is 9.21. The van der Waals surface area contributed by atoms with Gasteiger partial charge in [0.05, 0.1) is 12.5 Å². The molecule has 0 atom stereocenters. The summed E-state index contributed by atoms with van der Waals surface area (Å²) in [5.41, 5.74) is 0.625. The Balaban J connectivity index is 2.64. The second-order valence-corrected chi connectivity index (χ2v) is 3.58. The number of ether oxygens (including phenoxy) is 1. The first-order valence-electron chi connectivity index (χ1n) is 3.85. The van der Waals surface area contributed by atoms with Crippen LogP contribution in [0.3, 0.4) is 0 Å². The first-order valence-corrected chi connectivity index (χ1v) is 4.65. The van der Waals surface area contributed by atoms with Gasteiger partial charge in [-0.1, -0.05) is 21.1 Å². The lowest BCUT2D eigenvalue weighted by Gasteiger charge is -1.93. The lowest BCUT2D eigenvalue weighted by Crippen LogP contribution is -1.99. The van der Waals surface area contributed by atoms with Crippen molar-refractivity contribution in [2.75, 3.05) is 7.11 Å². The van der Waals surface area contributed by atoms with Crippen LogP contribution in [0.1, 0.15) is 10.6 Å². The zero-order valence-corrected chi connectivity index (χ0v) is 8.87. The van der Waals surface area contributed by atoms with E-state index in [1.165, 1.54) is 7.11 Å². The highest BCUT2D eigenvalue weighted by atomic mass is 79.9. The molecule has 0 aliphatic heterocycles. The van der Waals surface area contributed by atoms with Gasteiger partial charge in [0.15, 0.2) is 0 Å². The molecule has 0 bridgehead atoms. The van der Waals surface area contributed by atoms with Crippen LogP contribution in [0.25, 0.3) is 10.9 Å². The van der Waals surface area contributed by atoms with Crippen LogP contribution >= 0.6 is 15.9 Å². The molecule has 14 heavy (non-hydrogen) atoms. The van der Waals surface area contributed by atoms with Crippen molar-refractivity contribution >= 4 is 32.8 Å². The molecule has 2 aromatic rings. The zero-order chi connectivity index (χ0) is 10.1. The second-order valence-electron chi connectivity index (χ2n) is 2.66. The lowest BCUT2D eigenvalue weighted by molar-refractivity contribution is 0.0558. The standard InChI is InChI=1S/C9H6BrNO3/c1-13-9(12)8-6-3-2-5(10)4-7(6)11-14-8/h2-4H,1H3. The van der Waals surface area contributed by atoms with Crippen molar-refractivity contribution in [3.63, 3.8) is 0 Å². The molecule has 0 saturated carbocycles. The van der Waals surface area contributed by atoms with Crippen LogP contribution in [0.4, 0.5) is 0 Å². The van der Waals surface area contributed by atoms with Crippen molar-refractivity contribution in [3.8, 4) is 0 Å². The van der Waals surface area contributed by atoms with Gasteiger partial charge in [-0.05, 0) is 18.2 Å². The number of fused-ring (bicyclic) bond motifs is 1. The molecule has 0 radical (unpaired) electrons. The molecule has 0 unspecified atom stereocenters. The highest BCUT2D eigenvalue weighted by Gasteiger charge is 2.16. The Labute approximate surface area is 88.0 Å². The zero-order valence-electron chi connectivity index (χ0n) is 7.28. The van der Waals surface area contributed by atoms with E-state index in [1.54, 1.807) is 12.1 Å². The van der Waals surface area contributed by atoms with E-state index >= 15 is 0 Å². The molecule has 72 valence electrons. The van der Waals surface area contributed by atoms with Gasteiger partial charge < -0.3 is 9.26 Å². The van der Waals surface area contributed by atoms with Gasteiger partial charge in [-0.3, -0.25) is 0 Å². The Kier molecular flexibility index (Phi) is 2.25. The highest BCUT2D eigenvalue weighted by molar-refractivity contribution is 9.10. The molecular formula is C9H6BrNO3. The molecule has 1 aromatic heterocycles. The van der Waals surface area contributed by atoms with Gasteiger partial charge in [-0.15, -0.1) is 0 Å². The molecule has 0 spiro atoms. The van der Waals surface area contributed by atoms with Crippen LogP contribution in [0, 0.1) is 0 Å². The summed E-state index contributed by atoms with van der Waals surface area (Å²) in [4.78, 5) is 11.2. The number of esters is 1. The molecule has 0 aliphatic rings. The first-order chi connectivity index (χ1) is 6.72. The van der Waals surface area contributed by atoms with Gasteiger partial charge in [0.1, 0.15) is 5.52 Å². The number of carbonyl (C=O) groups excluding carboxylic acids is 1. The van der Waals surface area contributed by atoms with Crippen LogP contribution in [0.5, 0.6) is 0 Å². The van der Waals surface area contributed by atoms with Crippen LogP contribution in [-0.4, -0.2) is 18.2 Å². The van der Waals surface area contributed by atoms with Gasteiger partial charge in [-0.2, -0.15) is 0 Å². The van der Waals surface area contributed by atoms with E-state index in [9.17, 15) is 4.79 Å². The number of hydrogen-bond donors (Lipinski definition) is 0. The topological polar surface area (TPSA) is 52.3 Å². The van der Waals surface area contributed by atoms with Crippen molar-refractivity contribution in [2.24, 2.45) is 0 Å². The summed E-state index contributed by atoms with van der Waals surface area (Å²) >= 11 is 3.30. The molecule has 0 N–H and O–H groups in total. The largest absolute Gasteiger partial charge is 0.463 e. The Morgan fingerprint density at radius 2 is 2.36 bits per heavy atom. The van der Waals surface area contributed by atoms with E-state index in [0.717, 1.165) is 4.47 Å². The van der Waals surface area contributed by atoms with E-state index in [-0.39, 0.29) is 5.76 Å². The van der Waals surface area contributed by atoms with Crippen LogP contribution < -0.4 is 0 Å². The SMILES string of the molecule is COC(=O)c1onc2cc(Br)ccc12. The van der Waals surface area contributed by atoms with Gasteiger partial charge >= 0.3 is 5.97 Å². The maximum Gasteiger partial charge on any atom is 0.377 e. The number of methoxy groups -OCH3 is 1. The number of hydrogen-bond acceptors (Lipinski definition) is 4. The minimum absolute atomic E-state index is 0.134. The Hall–Kier alpha value is -1.36. The smallest absolute Gasteiger partial charge is 0.377 e. The second kappa shape index (κ2) is 3.42. The number of benzene rings is 1. The van der Waals surface area contributed by atoms with Crippen LogP contribution in [0.2, 0.25) is 0 Å². The third-order valence-corrected chi connectivity index (χ3v) is 2.30. The Morgan fingerprint density at radius 1 is 1.57 bits per heavy atom. The lowest BCUT2D eigenvalue weighted by atomic mass is 10.2. The average molecular weight is 256 g/mol. The third kappa shape index (κ3) is 1.39. The van der Waals surface area contributed by atoms with E-state index in [2.05, 4.69) is 25.8 Å². The fourth-order valence-electron chi connectivity index (χ4n) is 1.16. The maximum atomic E-state index is 11.2. The molecule has 1 heterocycles. The number of aromatic nitrogens is 1. The summed E-state index contributed by atoms with van der Waals surface area (Å²) in [6.07, 6.45) is 0. The predicted octanol–water partition coefficient (Wildman–Crippen LogP) is 2.38. The van der Waals surface area contributed by atoms with Crippen LogP contribution in [0.15, 0.2) is 27.2 Å². The average Bonchev–Trinajstić information content (AvgIpc) is 2.59. The minimum atomic E-state index is -0.519. The summed E-state index contributed by atoms with van der Waals surface area (Å²) in [5.74, 6) is -0.384. The van der Waals surface area contributed by atoms with E-state index in [4.69, 9.17) is 4.52 Å². The Morgan fingerprint density at radius 3 is 3.07 bits per heavy atom. The molecule has 0 fully saturated rings. The monoisotopic (exact) mass is 255 g/mol. The molecular weight excluding hydrogens is 250 g/mol. The van der Waals surface area contributed by atoms with Gasteiger partial charge in [-0.25, -0.2) is 4.79 Å². The summed E-state index contributed by atoms with van der Waals surface area (Å²) in [6.45, 7) is 0. The summed E-state index contributed by atoms with van der Waals surface area (Å²) in [7, 11) is 1.30. The molecule has 4 nitrogen and oxygen atoms in total. The molecule has 5 heteroatoms.